The van der Waals surface area contributed by atoms with Gasteiger partial charge in [-0.3, -0.25) is 9.89 Å². The number of hydrogen-bond acceptors (Lipinski definition) is 4. The number of fused-ring (bicyclic) bond motifs is 1. The summed E-state index contributed by atoms with van der Waals surface area (Å²) >= 11 is 0. The molecule has 2 aromatic heterocycles. The van der Waals surface area contributed by atoms with Gasteiger partial charge in [-0.05, 0) is 37.5 Å². The van der Waals surface area contributed by atoms with E-state index in [1.807, 2.05) is 45.9 Å². The number of nitrogens with one attached hydrogen (secondary N) is 1. The number of nitrogens with zero attached hydrogens (tertiary/aromatic N) is 2. The molecule has 132 valence electrons. The van der Waals surface area contributed by atoms with Crippen LogP contribution in [0.25, 0.3) is 16.8 Å². The van der Waals surface area contributed by atoms with E-state index in [-0.39, 0.29) is 11.5 Å². The molecule has 1 N–H and O–H groups in total. The van der Waals surface area contributed by atoms with Gasteiger partial charge in [0.1, 0.15) is 0 Å². The second kappa shape index (κ2) is 6.27. The lowest BCUT2D eigenvalue weighted by molar-refractivity contribution is 0.355. The molecule has 0 atom stereocenters. The van der Waals surface area contributed by atoms with Crippen molar-refractivity contribution in [2.45, 2.75) is 33.6 Å². The highest BCUT2D eigenvalue weighted by Gasteiger charge is 2.19. The van der Waals surface area contributed by atoms with Gasteiger partial charge in [-0.15, -0.1) is 0 Å². The molecule has 0 amide bonds. The quantitative estimate of drug-likeness (QED) is 0.789. The number of aromatic nitrogens is 3. The smallest absolute Gasteiger partial charge is 0.276 e. The third-order valence-electron chi connectivity index (χ3n) is 4.44. The highest BCUT2D eigenvalue weighted by atomic mass is 16.5. The average Bonchev–Trinajstić information content (AvgIpc) is 2.90. The minimum Gasteiger partial charge on any atom is -0.493 e. The fraction of sp³-hybridized carbons (Fsp3) is 0.368. The molecule has 6 nitrogen and oxygen atoms in total. The van der Waals surface area contributed by atoms with Gasteiger partial charge in [0.25, 0.3) is 5.56 Å². The Bertz CT molecular complexity index is 999. The number of aryl methyl sites for hydroxylation is 2. The van der Waals surface area contributed by atoms with Gasteiger partial charge in [0.05, 0.1) is 14.2 Å². The Labute approximate surface area is 146 Å². The van der Waals surface area contributed by atoms with Gasteiger partial charge < -0.3 is 9.47 Å². The largest absolute Gasteiger partial charge is 0.493 e. The third kappa shape index (κ3) is 2.67. The first-order valence-electron chi connectivity index (χ1n) is 8.23. The molecule has 0 fully saturated rings. The molecule has 0 unspecified atom stereocenters. The van der Waals surface area contributed by atoms with Crippen molar-refractivity contribution < 1.29 is 9.47 Å². The van der Waals surface area contributed by atoms with Crippen LogP contribution in [-0.2, 0) is 0 Å². The Balaban J connectivity index is 2.31. The molecule has 0 bridgehead atoms. The summed E-state index contributed by atoms with van der Waals surface area (Å²) in [5.41, 5.74) is 4.74. The minimum absolute atomic E-state index is 0.0488. The van der Waals surface area contributed by atoms with E-state index in [4.69, 9.17) is 14.5 Å². The standard InChI is InChI=1S/C19H23N3O3/c1-10(2)16-11(3)20-18-17(12(4)21-22(18)19(16)23)13-7-8-14(24-5)15(9-13)25-6/h7-10,21H,1-6H3. The molecular weight excluding hydrogens is 318 g/mol. The van der Waals surface area contributed by atoms with Crippen LogP contribution in [0.3, 0.4) is 0 Å². The molecule has 0 spiro atoms. The van der Waals surface area contributed by atoms with Gasteiger partial charge in [-0.25, -0.2) is 9.50 Å². The lowest BCUT2D eigenvalue weighted by atomic mass is 10.0. The van der Waals surface area contributed by atoms with E-state index in [1.54, 1.807) is 14.2 Å². The van der Waals surface area contributed by atoms with E-state index in [0.717, 1.165) is 28.1 Å². The Morgan fingerprint density at radius 1 is 1.12 bits per heavy atom. The van der Waals surface area contributed by atoms with Crippen LogP contribution in [0.2, 0.25) is 0 Å². The summed E-state index contributed by atoms with van der Waals surface area (Å²) in [5, 5.41) is 3.15. The lowest BCUT2D eigenvalue weighted by Gasteiger charge is -2.10. The molecule has 3 aromatic rings. The molecule has 25 heavy (non-hydrogen) atoms. The van der Waals surface area contributed by atoms with E-state index in [1.165, 1.54) is 4.52 Å². The highest BCUT2D eigenvalue weighted by Crippen LogP contribution is 2.35. The zero-order valence-electron chi connectivity index (χ0n) is 15.4. The van der Waals surface area contributed by atoms with Crippen molar-refractivity contribution in [3.63, 3.8) is 0 Å². The average molecular weight is 341 g/mol. The van der Waals surface area contributed by atoms with Gasteiger partial charge >= 0.3 is 0 Å². The summed E-state index contributed by atoms with van der Waals surface area (Å²) in [7, 11) is 3.21. The molecule has 0 aliphatic carbocycles. The Kier molecular flexibility index (Phi) is 4.29. The highest BCUT2D eigenvalue weighted by molar-refractivity contribution is 5.81. The van der Waals surface area contributed by atoms with Gasteiger partial charge in [-0.1, -0.05) is 19.9 Å². The van der Waals surface area contributed by atoms with Crippen LogP contribution >= 0.6 is 0 Å². The maximum absolute atomic E-state index is 12.9. The Morgan fingerprint density at radius 3 is 2.40 bits per heavy atom. The van der Waals surface area contributed by atoms with Crippen molar-refractivity contribution in [3.8, 4) is 22.6 Å². The minimum atomic E-state index is -0.0488. The second-order valence-corrected chi connectivity index (χ2v) is 6.41. The first-order chi connectivity index (χ1) is 11.9. The van der Waals surface area contributed by atoms with Crippen LogP contribution in [0.4, 0.5) is 0 Å². The molecule has 0 aliphatic heterocycles. The van der Waals surface area contributed by atoms with Gasteiger partial charge in [0, 0.05) is 22.5 Å². The molecule has 0 aliphatic rings. The number of hydrogen-bond donors (Lipinski definition) is 1. The summed E-state index contributed by atoms with van der Waals surface area (Å²) in [5.74, 6) is 1.41. The molecule has 0 radical (unpaired) electrons. The predicted molar refractivity (Wildman–Crippen MR) is 97.9 cm³/mol. The maximum Gasteiger partial charge on any atom is 0.276 e. The van der Waals surface area contributed by atoms with Crippen LogP contribution in [0.1, 0.15) is 36.7 Å². The molecule has 0 saturated carbocycles. The van der Waals surface area contributed by atoms with Crippen LogP contribution in [0.15, 0.2) is 23.0 Å². The zero-order chi connectivity index (χ0) is 18.3. The van der Waals surface area contributed by atoms with E-state index < -0.39 is 0 Å². The molecular formula is C19H23N3O3. The van der Waals surface area contributed by atoms with Crippen LogP contribution in [0.5, 0.6) is 11.5 Å². The number of rotatable bonds is 4. The topological polar surface area (TPSA) is 68.6 Å². The van der Waals surface area contributed by atoms with Gasteiger partial charge in [-0.2, -0.15) is 0 Å². The van der Waals surface area contributed by atoms with Crippen molar-refractivity contribution in [1.29, 1.82) is 0 Å². The van der Waals surface area contributed by atoms with Crippen LogP contribution < -0.4 is 15.0 Å². The normalized spacial score (nSPS) is 11.3. The first kappa shape index (κ1) is 17.1. The summed E-state index contributed by atoms with van der Waals surface area (Å²) in [6.45, 7) is 7.83. The van der Waals surface area contributed by atoms with Crippen molar-refractivity contribution in [3.05, 3.63) is 45.5 Å². The van der Waals surface area contributed by atoms with Gasteiger partial charge in [0.15, 0.2) is 17.1 Å². The molecule has 1 aromatic carbocycles. The summed E-state index contributed by atoms with van der Waals surface area (Å²) < 4.78 is 12.2. The van der Waals surface area contributed by atoms with Crippen molar-refractivity contribution in [2.24, 2.45) is 0 Å². The molecule has 2 heterocycles. The molecule has 6 heteroatoms. The Morgan fingerprint density at radius 2 is 1.80 bits per heavy atom. The van der Waals surface area contributed by atoms with Crippen molar-refractivity contribution in [2.75, 3.05) is 14.2 Å². The summed E-state index contributed by atoms with van der Waals surface area (Å²) in [6, 6.07) is 5.69. The SMILES string of the molecule is COc1ccc(-c2c(C)[nH]n3c(=O)c(C(C)C)c(C)nc23)cc1OC. The fourth-order valence-electron chi connectivity index (χ4n) is 3.31. The summed E-state index contributed by atoms with van der Waals surface area (Å²) in [4.78, 5) is 17.6. The number of H-pyrrole nitrogens is 1. The number of ether oxygens (including phenoxy) is 2. The van der Waals surface area contributed by atoms with Crippen LogP contribution in [0, 0.1) is 13.8 Å². The lowest BCUT2D eigenvalue weighted by Crippen LogP contribution is -2.22. The number of aromatic amines is 1. The number of methoxy groups -OCH3 is 2. The fourth-order valence-corrected chi connectivity index (χ4v) is 3.31. The van der Waals surface area contributed by atoms with Crippen molar-refractivity contribution >= 4 is 5.65 Å². The van der Waals surface area contributed by atoms with E-state index in [2.05, 4.69) is 5.10 Å². The second-order valence-electron chi connectivity index (χ2n) is 6.41. The van der Waals surface area contributed by atoms with E-state index >= 15 is 0 Å². The third-order valence-corrected chi connectivity index (χ3v) is 4.44. The van der Waals surface area contributed by atoms with Gasteiger partial charge in [0.2, 0.25) is 0 Å². The van der Waals surface area contributed by atoms with E-state index in [0.29, 0.717) is 17.1 Å². The summed E-state index contributed by atoms with van der Waals surface area (Å²) in [6.07, 6.45) is 0. The van der Waals surface area contributed by atoms with E-state index in [9.17, 15) is 4.79 Å². The Hall–Kier alpha value is -2.76. The molecule has 3 rings (SSSR count). The number of benzene rings is 1. The van der Waals surface area contributed by atoms with Crippen molar-refractivity contribution in [1.82, 2.24) is 14.6 Å². The zero-order valence-corrected chi connectivity index (χ0v) is 15.4. The maximum atomic E-state index is 12.9. The predicted octanol–water partition coefficient (Wildman–Crippen LogP) is 3.45. The molecule has 0 saturated heterocycles. The van der Waals surface area contributed by atoms with Crippen LogP contribution in [-0.4, -0.2) is 28.8 Å². The monoisotopic (exact) mass is 341 g/mol. The first-order valence-corrected chi connectivity index (χ1v) is 8.23.